The fraction of sp³-hybridized carbons (Fsp3) is 0.462. The van der Waals surface area contributed by atoms with E-state index in [-0.39, 0.29) is 11.3 Å². The van der Waals surface area contributed by atoms with Gasteiger partial charge in [0.1, 0.15) is 0 Å². The summed E-state index contributed by atoms with van der Waals surface area (Å²) < 4.78 is 0. The molecule has 1 heterocycles. The zero-order chi connectivity index (χ0) is 12.4. The number of hydrogen-bond donors (Lipinski definition) is 0. The van der Waals surface area contributed by atoms with Crippen molar-refractivity contribution in [2.45, 2.75) is 25.1 Å². The zero-order valence-electron chi connectivity index (χ0n) is 9.75. The van der Waals surface area contributed by atoms with E-state index in [1.54, 1.807) is 6.07 Å². The molecule has 1 saturated heterocycles. The first-order chi connectivity index (χ1) is 8.09. The van der Waals surface area contributed by atoms with Crippen LogP contribution < -0.4 is 0 Å². The van der Waals surface area contributed by atoms with Crippen LogP contribution in [-0.2, 0) is 0 Å². The Morgan fingerprint density at radius 2 is 2.24 bits per heavy atom. The second-order valence-corrected chi connectivity index (χ2v) is 5.43. The monoisotopic (exact) mass is 271 g/mol. The Bertz CT molecular complexity index is 433. The van der Waals surface area contributed by atoms with Gasteiger partial charge in [0.15, 0.2) is 0 Å². The Morgan fingerprint density at radius 3 is 2.94 bits per heavy atom. The van der Waals surface area contributed by atoms with E-state index in [0.717, 1.165) is 24.9 Å². The molecule has 0 N–H and O–H groups in total. The number of benzene rings is 1. The number of amides is 1. The highest BCUT2D eigenvalue weighted by molar-refractivity contribution is 6.31. The van der Waals surface area contributed by atoms with Crippen molar-refractivity contribution in [1.29, 1.82) is 0 Å². The van der Waals surface area contributed by atoms with Crippen molar-refractivity contribution in [1.82, 2.24) is 4.90 Å². The number of nitrogens with zero attached hydrogens (tertiary/aromatic N) is 1. The van der Waals surface area contributed by atoms with Crippen LogP contribution >= 0.6 is 23.2 Å². The molecule has 0 bridgehead atoms. The predicted molar refractivity (Wildman–Crippen MR) is 71.0 cm³/mol. The van der Waals surface area contributed by atoms with Gasteiger partial charge in [0, 0.05) is 23.7 Å². The van der Waals surface area contributed by atoms with Gasteiger partial charge in [-0.1, -0.05) is 17.7 Å². The minimum atomic E-state index is 0.0374. The Morgan fingerprint density at radius 1 is 1.47 bits per heavy atom. The van der Waals surface area contributed by atoms with E-state index in [2.05, 4.69) is 0 Å². The Hall–Kier alpha value is -0.730. The maximum atomic E-state index is 12.3. The number of likely N-dealkylation sites (tertiary alicyclic amines) is 1. The van der Waals surface area contributed by atoms with Crippen LogP contribution in [-0.4, -0.2) is 29.3 Å². The number of carbonyl (C=O) groups is 1. The molecule has 0 radical (unpaired) electrons. The molecule has 0 saturated carbocycles. The molecule has 1 fully saturated rings. The minimum absolute atomic E-state index is 0.0374. The molecule has 2 nitrogen and oxygen atoms in total. The topological polar surface area (TPSA) is 20.3 Å². The Balaban J connectivity index is 2.22. The number of alkyl halides is 1. The van der Waals surface area contributed by atoms with E-state index >= 15 is 0 Å². The third-order valence-corrected chi connectivity index (χ3v) is 3.91. The molecule has 17 heavy (non-hydrogen) atoms. The number of hydrogen-bond acceptors (Lipinski definition) is 1. The van der Waals surface area contributed by atoms with E-state index in [1.165, 1.54) is 0 Å². The van der Waals surface area contributed by atoms with Crippen LogP contribution in [0.5, 0.6) is 0 Å². The van der Waals surface area contributed by atoms with Crippen LogP contribution in [0.15, 0.2) is 18.2 Å². The van der Waals surface area contributed by atoms with Crippen LogP contribution in [0.2, 0.25) is 5.02 Å². The van der Waals surface area contributed by atoms with Crippen molar-refractivity contribution in [2.24, 2.45) is 0 Å². The van der Waals surface area contributed by atoms with E-state index in [4.69, 9.17) is 23.2 Å². The fourth-order valence-electron chi connectivity index (χ4n) is 2.12. The summed E-state index contributed by atoms with van der Waals surface area (Å²) in [5, 5.41) is 0.711. The van der Waals surface area contributed by atoms with Gasteiger partial charge < -0.3 is 4.90 Å². The summed E-state index contributed by atoms with van der Waals surface area (Å²) in [5.41, 5.74) is 1.53. The molecule has 1 aliphatic heterocycles. The highest BCUT2D eigenvalue weighted by Crippen LogP contribution is 2.22. The van der Waals surface area contributed by atoms with Crippen LogP contribution in [0.25, 0.3) is 0 Å². The number of carbonyl (C=O) groups excluding carboxylic acids is 1. The van der Waals surface area contributed by atoms with Gasteiger partial charge in [-0.3, -0.25) is 4.79 Å². The van der Waals surface area contributed by atoms with Crippen LogP contribution in [0.4, 0.5) is 0 Å². The molecule has 92 valence electrons. The van der Waals surface area contributed by atoms with Crippen LogP contribution in [0, 0.1) is 6.92 Å². The number of rotatable bonds is 1. The van der Waals surface area contributed by atoms with Crippen molar-refractivity contribution in [3.05, 3.63) is 34.3 Å². The first-order valence-corrected chi connectivity index (χ1v) is 6.59. The maximum absolute atomic E-state index is 12.3. The molecular weight excluding hydrogens is 257 g/mol. The molecule has 4 heteroatoms. The average Bonchev–Trinajstić information content (AvgIpc) is 2.32. The molecule has 1 aromatic carbocycles. The van der Waals surface area contributed by atoms with E-state index < -0.39 is 0 Å². The highest BCUT2D eigenvalue weighted by atomic mass is 35.5. The summed E-state index contributed by atoms with van der Waals surface area (Å²) in [6.07, 6.45) is 1.96. The van der Waals surface area contributed by atoms with Gasteiger partial charge >= 0.3 is 0 Å². The number of piperidine rings is 1. The van der Waals surface area contributed by atoms with Gasteiger partial charge in [-0.15, -0.1) is 11.6 Å². The first kappa shape index (κ1) is 12.7. The zero-order valence-corrected chi connectivity index (χ0v) is 11.3. The van der Waals surface area contributed by atoms with E-state index in [9.17, 15) is 4.79 Å². The van der Waals surface area contributed by atoms with E-state index in [0.29, 0.717) is 17.1 Å². The van der Waals surface area contributed by atoms with Gasteiger partial charge in [-0.25, -0.2) is 0 Å². The molecule has 1 atom stereocenters. The Kier molecular flexibility index (Phi) is 3.95. The molecule has 0 aliphatic carbocycles. The molecule has 1 unspecified atom stereocenters. The average molecular weight is 272 g/mol. The lowest BCUT2D eigenvalue weighted by molar-refractivity contribution is 0.0726. The summed E-state index contributed by atoms with van der Waals surface area (Å²) in [5.74, 6) is 0.0374. The number of halogens is 2. The molecule has 1 aliphatic rings. The van der Waals surface area contributed by atoms with Gasteiger partial charge in [0.2, 0.25) is 0 Å². The van der Waals surface area contributed by atoms with E-state index in [1.807, 2.05) is 24.0 Å². The quantitative estimate of drug-likeness (QED) is 0.716. The smallest absolute Gasteiger partial charge is 0.254 e. The molecule has 2 rings (SSSR count). The first-order valence-electron chi connectivity index (χ1n) is 5.78. The lowest BCUT2D eigenvalue weighted by Crippen LogP contribution is -2.40. The molecule has 1 aromatic rings. The predicted octanol–water partition coefficient (Wildman–Crippen LogP) is 3.49. The SMILES string of the molecule is Cc1c(Cl)cccc1C(=O)N1CCCC(Cl)C1. The van der Waals surface area contributed by atoms with Crippen molar-refractivity contribution >= 4 is 29.1 Å². The summed E-state index contributed by atoms with van der Waals surface area (Å²) in [6.45, 7) is 3.29. The highest BCUT2D eigenvalue weighted by Gasteiger charge is 2.24. The van der Waals surface area contributed by atoms with Gasteiger partial charge in [0.25, 0.3) is 5.91 Å². The van der Waals surface area contributed by atoms with Gasteiger partial charge in [0.05, 0.1) is 5.38 Å². The summed E-state index contributed by atoms with van der Waals surface area (Å²) in [7, 11) is 0. The second-order valence-electron chi connectivity index (χ2n) is 4.40. The van der Waals surface area contributed by atoms with Crippen LogP contribution in [0.1, 0.15) is 28.8 Å². The van der Waals surface area contributed by atoms with Crippen molar-refractivity contribution in [2.75, 3.05) is 13.1 Å². The Labute approximate surface area is 112 Å². The standard InChI is InChI=1S/C13H15Cl2NO/c1-9-11(5-2-6-12(9)15)13(17)16-7-3-4-10(14)8-16/h2,5-6,10H,3-4,7-8H2,1H3. The van der Waals surface area contributed by atoms with Crippen molar-refractivity contribution in [3.8, 4) is 0 Å². The minimum Gasteiger partial charge on any atom is -0.337 e. The third-order valence-electron chi connectivity index (χ3n) is 3.15. The molecule has 0 spiro atoms. The van der Waals surface area contributed by atoms with Crippen LogP contribution in [0.3, 0.4) is 0 Å². The molecule has 0 aromatic heterocycles. The summed E-state index contributed by atoms with van der Waals surface area (Å²) >= 11 is 12.1. The molecular formula is C13H15Cl2NO. The maximum Gasteiger partial charge on any atom is 0.254 e. The van der Waals surface area contributed by atoms with Crippen molar-refractivity contribution < 1.29 is 4.79 Å². The molecule has 1 amide bonds. The summed E-state index contributed by atoms with van der Waals surface area (Å²) in [4.78, 5) is 14.1. The normalized spacial score (nSPS) is 20.4. The van der Waals surface area contributed by atoms with Gasteiger partial charge in [-0.2, -0.15) is 0 Å². The fourth-order valence-corrected chi connectivity index (χ4v) is 2.61. The summed E-state index contributed by atoms with van der Waals surface area (Å²) in [6, 6.07) is 5.43. The second kappa shape index (κ2) is 5.28. The lowest BCUT2D eigenvalue weighted by atomic mass is 10.1. The van der Waals surface area contributed by atoms with Gasteiger partial charge in [-0.05, 0) is 37.5 Å². The lowest BCUT2D eigenvalue weighted by Gasteiger charge is -2.30. The largest absolute Gasteiger partial charge is 0.337 e. The van der Waals surface area contributed by atoms with Crippen molar-refractivity contribution in [3.63, 3.8) is 0 Å². The third kappa shape index (κ3) is 2.75.